The summed E-state index contributed by atoms with van der Waals surface area (Å²) >= 11 is 2.76. The first-order valence-corrected chi connectivity index (χ1v) is 9.21. The maximum atomic E-state index is 13.7. The molecule has 0 amide bonds. The number of hydrogen-bond acceptors (Lipinski definition) is 6. The number of anilines is 1. The minimum absolute atomic E-state index is 0.167. The van der Waals surface area contributed by atoms with E-state index in [9.17, 15) is 13.6 Å². The number of ether oxygens (including phenoxy) is 1. The highest BCUT2D eigenvalue weighted by Gasteiger charge is 2.32. The number of halogens is 2. The molecule has 0 atom stereocenters. The molecule has 3 aromatic rings. The Morgan fingerprint density at radius 2 is 2.20 bits per heavy atom. The lowest BCUT2D eigenvalue weighted by molar-refractivity contribution is -0.143. The van der Waals surface area contributed by atoms with Gasteiger partial charge in [-0.3, -0.25) is 0 Å². The van der Waals surface area contributed by atoms with Crippen molar-refractivity contribution in [1.82, 2.24) is 4.98 Å². The number of aromatic nitrogens is 1. The molecule has 1 aliphatic rings. The fraction of sp³-hybridized carbons (Fsp3) is 0.176. The molecule has 1 fully saturated rings. The van der Waals surface area contributed by atoms with Gasteiger partial charge in [0.2, 0.25) is 0 Å². The molecule has 0 saturated carbocycles. The number of hydrogen-bond donors (Lipinski definition) is 0. The van der Waals surface area contributed by atoms with Crippen molar-refractivity contribution in [3.8, 4) is 0 Å². The molecular formula is C17H12F2N2O2S2. The summed E-state index contributed by atoms with van der Waals surface area (Å²) in [6.45, 7) is 0.977. The molecule has 8 heteroatoms. The van der Waals surface area contributed by atoms with Gasteiger partial charge in [0.25, 0.3) is 0 Å². The van der Waals surface area contributed by atoms with Gasteiger partial charge in [-0.15, -0.1) is 11.3 Å². The topological polar surface area (TPSA) is 42.4 Å². The molecule has 25 heavy (non-hydrogen) atoms. The third kappa shape index (κ3) is 3.40. The highest BCUT2D eigenvalue weighted by molar-refractivity contribution is 7.22. The second-order valence-corrected chi connectivity index (χ2v) is 7.53. The Balaban J connectivity index is 1.36. The Bertz CT molecular complexity index is 947. The van der Waals surface area contributed by atoms with Crippen LogP contribution in [0.25, 0.3) is 16.3 Å². The summed E-state index contributed by atoms with van der Waals surface area (Å²) in [5.74, 6) is -1.68. The average Bonchev–Trinajstić information content (AvgIpc) is 3.17. The first-order chi connectivity index (χ1) is 12.1. The zero-order valence-electron chi connectivity index (χ0n) is 12.8. The number of fused-ring (bicyclic) bond motifs is 1. The van der Waals surface area contributed by atoms with E-state index < -0.39 is 17.6 Å². The number of nitrogens with zero attached hydrogens (tertiary/aromatic N) is 2. The number of thiophene rings is 1. The van der Waals surface area contributed by atoms with Gasteiger partial charge in [-0.2, -0.15) is 0 Å². The molecule has 2 aromatic heterocycles. The first kappa shape index (κ1) is 16.2. The van der Waals surface area contributed by atoms with Gasteiger partial charge in [-0.05, 0) is 23.6 Å². The lowest BCUT2D eigenvalue weighted by atomic mass is 10.2. The number of rotatable bonds is 4. The molecule has 4 nitrogen and oxygen atoms in total. The largest absolute Gasteiger partial charge is 0.455 e. The molecule has 0 N–H and O–H groups in total. The molecule has 0 aliphatic carbocycles. The predicted molar refractivity (Wildman–Crippen MR) is 95.0 cm³/mol. The Kier molecular flexibility index (Phi) is 4.22. The number of carbonyl (C=O) groups is 1. The maximum absolute atomic E-state index is 13.7. The van der Waals surface area contributed by atoms with Gasteiger partial charge in [0, 0.05) is 17.0 Å². The zero-order chi connectivity index (χ0) is 17.4. The normalized spacial score (nSPS) is 15.0. The summed E-state index contributed by atoms with van der Waals surface area (Å²) in [4.78, 5) is 18.8. The van der Waals surface area contributed by atoms with Crippen LogP contribution in [0.1, 0.15) is 4.88 Å². The van der Waals surface area contributed by atoms with Crippen molar-refractivity contribution < 1.29 is 18.3 Å². The fourth-order valence-electron chi connectivity index (χ4n) is 2.49. The third-order valence-electron chi connectivity index (χ3n) is 3.73. The molecule has 128 valence electrons. The SMILES string of the molecule is O=C(/C=C/c1cccs1)OC1CN(c2nc3c(F)cc(F)cc3s2)C1. The van der Waals surface area contributed by atoms with E-state index in [0.717, 1.165) is 10.9 Å². The average molecular weight is 378 g/mol. The van der Waals surface area contributed by atoms with Crippen LogP contribution < -0.4 is 4.90 Å². The molecule has 0 unspecified atom stereocenters. The number of carbonyl (C=O) groups excluding carboxylic acids is 1. The third-order valence-corrected chi connectivity index (χ3v) is 5.63. The Labute approximate surface area is 150 Å². The van der Waals surface area contributed by atoms with Gasteiger partial charge >= 0.3 is 5.97 Å². The number of thiazole rings is 1. The lowest BCUT2D eigenvalue weighted by Gasteiger charge is -2.37. The molecule has 1 saturated heterocycles. The molecule has 4 rings (SSSR count). The van der Waals surface area contributed by atoms with Crippen molar-refractivity contribution >= 4 is 50.1 Å². The van der Waals surface area contributed by atoms with Crippen molar-refractivity contribution in [2.24, 2.45) is 0 Å². The van der Waals surface area contributed by atoms with Crippen LogP contribution in [0.5, 0.6) is 0 Å². The minimum atomic E-state index is -0.667. The summed E-state index contributed by atoms with van der Waals surface area (Å²) in [6, 6.07) is 5.92. The van der Waals surface area contributed by atoms with E-state index in [1.165, 1.54) is 34.8 Å². The number of esters is 1. The molecular weight excluding hydrogens is 366 g/mol. The second-order valence-electron chi connectivity index (χ2n) is 5.54. The first-order valence-electron chi connectivity index (χ1n) is 7.51. The Hall–Kier alpha value is -2.32. The van der Waals surface area contributed by atoms with E-state index in [0.29, 0.717) is 22.9 Å². The molecule has 0 spiro atoms. The molecule has 1 aromatic carbocycles. The van der Waals surface area contributed by atoms with Gasteiger partial charge < -0.3 is 9.64 Å². The van der Waals surface area contributed by atoms with Crippen molar-refractivity contribution in [2.45, 2.75) is 6.10 Å². The van der Waals surface area contributed by atoms with E-state index >= 15 is 0 Å². The van der Waals surface area contributed by atoms with Crippen LogP contribution in [-0.2, 0) is 9.53 Å². The highest BCUT2D eigenvalue weighted by Crippen LogP contribution is 2.33. The zero-order valence-corrected chi connectivity index (χ0v) is 14.4. The molecule has 0 radical (unpaired) electrons. The van der Waals surface area contributed by atoms with Gasteiger partial charge in [0.05, 0.1) is 17.8 Å². The highest BCUT2D eigenvalue weighted by atomic mass is 32.1. The lowest BCUT2D eigenvalue weighted by Crippen LogP contribution is -2.52. The van der Waals surface area contributed by atoms with Gasteiger partial charge in [0.15, 0.2) is 10.9 Å². The molecule has 3 heterocycles. The Morgan fingerprint density at radius 1 is 1.36 bits per heavy atom. The predicted octanol–water partition coefficient (Wildman–Crippen LogP) is 4.08. The quantitative estimate of drug-likeness (QED) is 0.507. The van der Waals surface area contributed by atoms with Crippen LogP contribution in [0, 0.1) is 11.6 Å². The van der Waals surface area contributed by atoms with Gasteiger partial charge in [-0.1, -0.05) is 17.4 Å². The van der Waals surface area contributed by atoms with Crippen LogP contribution in [0.15, 0.2) is 35.7 Å². The molecule has 1 aliphatic heterocycles. The smallest absolute Gasteiger partial charge is 0.331 e. The van der Waals surface area contributed by atoms with Crippen molar-refractivity contribution in [3.63, 3.8) is 0 Å². The van der Waals surface area contributed by atoms with Gasteiger partial charge in [-0.25, -0.2) is 18.6 Å². The van der Waals surface area contributed by atoms with E-state index in [4.69, 9.17) is 4.74 Å². The second kappa shape index (κ2) is 6.53. The van der Waals surface area contributed by atoms with Crippen LogP contribution in [-0.4, -0.2) is 30.1 Å². The summed E-state index contributed by atoms with van der Waals surface area (Å²) in [6.07, 6.45) is 2.90. The van der Waals surface area contributed by atoms with Crippen molar-refractivity contribution in [3.05, 3.63) is 52.2 Å². The maximum Gasteiger partial charge on any atom is 0.331 e. The summed E-state index contributed by atoms with van der Waals surface area (Å²) in [5, 5.41) is 2.53. The van der Waals surface area contributed by atoms with Gasteiger partial charge in [0.1, 0.15) is 17.4 Å². The summed E-state index contributed by atoms with van der Waals surface area (Å²) < 4.78 is 32.7. The number of benzene rings is 1. The van der Waals surface area contributed by atoms with Crippen molar-refractivity contribution in [2.75, 3.05) is 18.0 Å². The van der Waals surface area contributed by atoms with Crippen LogP contribution in [0.2, 0.25) is 0 Å². The summed E-state index contributed by atoms with van der Waals surface area (Å²) in [5.41, 5.74) is 0.167. The van der Waals surface area contributed by atoms with Crippen LogP contribution in [0.3, 0.4) is 0 Å². The Morgan fingerprint density at radius 3 is 2.96 bits per heavy atom. The van der Waals surface area contributed by atoms with E-state index in [1.54, 1.807) is 6.08 Å². The molecule has 0 bridgehead atoms. The summed E-state index contributed by atoms with van der Waals surface area (Å²) in [7, 11) is 0. The van der Waals surface area contributed by atoms with E-state index in [1.807, 2.05) is 22.4 Å². The van der Waals surface area contributed by atoms with Crippen LogP contribution >= 0.6 is 22.7 Å². The fourth-order valence-corrected chi connectivity index (χ4v) is 4.13. The van der Waals surface area contributed by atoms with Crippen LogP contribution in [0.4, 0.5) is 13.9 Å². The van der Waals surface area contributed by atoms with E-state index in [-0.39, 0.29) is 11.6 Å². The monoisotopic (exact) mass is 378 g/mol. The van der Waals surface area contributed by atoms with E-state index in [2.05, 4.69) is 4.98 Å². The minimum Gasteiger partial charge on any atom is -0.455 e. The van der Waals surface area contributed by atoms with Crippen molar-refractivity contribution in [1.29, 1.82) is 0 Å². The standard InChI is InChI=1S/C17H12F2N2O2S2/c18-10-6-13(19)16-14(7-10)25-17(20-16)21-8-11(9-21)23-15(22)4-3-12-2-1-5-24-12/h1-7,11H,8-9H2/b4-3+.